The molecule has 1 saturated heterocycles. The van der Waals surface area contributed by atoms with Crippen LogP contribution in [-0.2, 0) is 9.59 Å². The van der Waals surface area contributed by atoms with E-state index in [0.717, 1.165) is 46.5 Å². The highest BCUT2D eigenvalue weighted by Gasteiger charge is 2.14. The van der Waals surface area contributed by atoms with Gasteiger partial charge in [-0.3, -0.25) is 9.59 Å². The molecule has 0 aromatic heterocycles. The van der Waals surface area contributed by atoms with Crippen LogP contribution in [0.25, 0.3) is 6.08 Å². The Morgan fingerprint density at radius 1 is 1.19 bits per heavy atom. The van der Waals surface area contributed by atoms with Crippen LogP contribution in [0.1, 0.15) is 18.4 Å². The van der Waals surface area contributed by atoms with E-state index in [9.17, 15) is 9.59 Å². The fourth-order valence-electron chi connectivity index (χ4n) is 3.55. The summed E-state index contributed by atoms with van der Waals surface area (Å²) in [4.78, 5) is 30.0. The fourth-order valence-corrected chi connectivity index (χ4v) is 4.94. The van der Waals surface area contributed by atoms with Crippen LogP contribution < -0.4 is 10.2 Å². The predicted octanol–water partition coefficient (Wildman–Crippen LogP) is 4.43. The molecule has 0 bridgehead atoms. The van der Waals surface area contributed by atoms with E-state index in [4.69, 9.17) is 0 Å². The van der Waals surface area contributed by atoms with Crippen LogP contribution in [0.3, 0.4) is 0 Å². The van der Waals surface area contributed by atoms with Gasteiger partial charge in [0.15, 0.2) is 6.29 Å². The molecule has 1 N–H and O–H groups in total. The van der Waals surface area contributed by atoms with Crippen molar-refractivity contribution in [3.63, 3.8) is 0 Å². The number of hydrogen-bond donors (Lipinski definition) is 1. The van der Waals surface area contributed by atoms with E-state index < -0.39 is 0 Å². The first-order chi connectivity index (χ1) is 15.0. The van der Waals surface area contributed by atoms with Gasteiger partial charge in [0.2, 0.25) is 5.91 Å². The Kier molecular flexibility index (Phi) is 9.18. The van der Waals surface area contributed by atoms with E-state index >= 15 is 0 Å². The van der Waals surface area contributed by atoms with Gasteiger partial charge in [0.1, 0.15) is 0 Å². The normalized spacial score (nSPS) is 14.5. The molecule has 0 radical (unpaired) electrons. The van der Waals surface area contributed by atoms with Gasteiger partial charge in [0.05, 0.1) is 17.1 Å². The van der Waals surface area contributed by atoms with Crippen molar-refractivity contribution in [2.45, 2.75) is 17.7 Å². The Hall–Kier alpha value is -2.09. The summed E-state index contributed by atoms with van der Waals surface area (Å²) >= 11 is 4.86. The number of anilines is 1. The first-order valence-electron chi connectivity index (χ1n) is 10.4. The standard InChI is InChI=1S/C24H28BrN3O2S/c1-27(17-24(30)26-11-14-28-12-4-5-13-28)22-9-2-3-10-23(22)31-21(18-29)16-19-7-6-8-20(25)15-19/h2-3,6-10,15-16,18H,4-5,11-14,17H2,1H3,(H,26,30)/b21-16-. The van der Waals surface area contributed by atoms with Crippen molar-refractivity contribution in [3.8, 4) is 0 Å². The van der Waals surface area contributed by atoms with Gasteiger partial charge in [-0.15, -0.1) is 0 Å². The van der Waals surface area contributed by atoms with Gasteiger partial charge in [0.25, 0.3) is 0 Å². The number of aldehydes is 1. The second-order valence-corrected chi connectivity index (χ2v) is 9.58. The first kappa shape index (κ1) is 23.6. The highest BCUT2D eigenvalue weighted by molar-refractivity contribution is 9.10. The molecule has 1 aliphatic heterocycles. The topological polar surface area (TPSA) is 52.7 Å². The van der Waals surface area contributed by atoms with Crippen LogP contribution in [0.2, 0.25) is 0 Å². The maximum atomic E-state index is 12.4. The minimum Gasteiger partial charge on any atom is -0.364 e. The molecule has 1 heterocycles. The Morgan fingerprint density at radius 2 is 1.97 bits per heavy atom. The number of hydrogen-bond acceptors (Lipinski definition) is 5. The van der Waals surface area contributed by atoms with Crippen molar-refractivity contribution in [1.29, 1.82) is 0 Å². The van der Waals surface area contributed by atoms with E-state index in [-0.39, 0.29) is 12.5 Å². The van der Waals surface area contributed by atoms with Crippen LogP contribution in [0.4, 0.5) is 5.69 Å². The number of likely N-dealkylation sites (tertiary alicyclic amines) is 1. The minimum absolute atomic E-state index is 0.00166. The smallest absolute Gasteiger partial charge is 0.239 e. The average molecular weight is 502 g/mol. The number of thioether (sulfide) groups is 1. The first-order valence-corrected chi connectivity index (χ1v) is 12.1. The summed E-state index contributed by atoms with van der Waals surface area (Å²) < 4.78 is 0.965. The molecule has 0 saturated carbocycles. The fraction of sp³-hybridized carbons (Fsp3) is 0.333. The van der Waals surface area contributed by atoms with E-state index in [1.807, 2.05) is 66.6 Å². The number of nitrogens with zero attached hydrogens (tertiary/aromatic N) is 2. The van der Waals surface area contributed by atoms with Crippen LogP contribution in [0, 0.1) is 0 Å². The summed E-state index contributed by atoms with van der Waals surface area (Å²) in [7, 11) is 1.90. The third-order valence-electron chi connectivity index (χ3n) is 5.11. The number of likely N-dealkylation sites (N-methyl/N-ethyl adjacent to an activating group) is 1. The highest BCUT2D eigenvalue weighted by Crippen LogP contribution is 2.34. The largest absolute Gasteiger partial charge is 0.364 e. The van der Waals surface area contributed by atoms with Crippen LogP contribution >= 0.6 is 27.7 Å². The van der Waals surface area contributed by atoms with Crippen LogP contribution in [0.5, 0.6) is 0 Å². The Bertz CT molecular complexity index is 929. The number of para-hydroxylation sites is 1. The zero-order valence-electron chi connectivity index (χ0n) is 17.7. The van der Waals surface area contributed by atoms with Gasteiger partial charge in [-0.05, 0) is 61.8 Å². The number of amides is 1. The summed E-state index contributed by atoms with van der Waals surface area (Å²) in [5.74, 6) is 0.00166. The summed E-state index contributed by atoms with van der Waals surface area (Å²) in [6, 6.07) is 15.6. The highest BCUT2D eigenvalue weighted by atomic mass is 79.9. The number of carbonyl (C=O) groups is 2. The van der Waals surface area contributed by atoms with E-state index in [0.29, 0.717) is 11.4 Å². The Balaban J connectivity index is 1.61. The molecule has 3 rings (SSSR count). The Morgan fingerprint density at radius 3 is 2.71 bits per heavy atom. The van der Waals surface area contributed by atoms with Crippen molar-refractivity contribution in [2.75, 3.05) is 44.7 Å². The van der Waals surface area contributed by atoms with Gasteiger partial charge in [-0.1, -0.05) is 52.0 Å². The second-order valence-electron chi connectivity index (χ2n) is 7.54. The van der Waals surface area contributed by atoms with Gasteiger partial charge in [-0.2, -0.15) is 0 Å². The third-order valence-corrected chi connectivity index (χ3v) is 6.62. The molecule has 1 aliphatic rings. The molecule has 0 aliphatic carbocycles. The molecule has 1 amide bonds. The van der Waals surface area contributed by atoms with E-state index in [1.54, 1.807) is 0 Å². The molecular formula is C24H28BrN3O2S. The molecule has 31 heavy (non-hydrogen) atoms. The lowest BCUT2D eigenvalue weighted by Gasteiger charge is -2.22. The summed E-state index contributed by atoms with van der Waals surface area (Å²) in [6.07, 6.45) is 5.24. The number of carbonyl (C=O) groups excluding carboxylic acids is 2. The third kappa shape index (κ3) is 7.52. The summed E-state index contributed by atoms with van der Waals surface area (Å²) in [5, 5.41) is 3.02. The number of halogens is 1. The van der Waals surface area contributed by atoms with Crippen molar-refractivity contribution in [1.82, 2.24) is 10.2 Å². The van der Waals surface area contributed by atoms with E-state index in [2.05, 4.69) is 26.1 Å². The molecule has 2 aromatic carbocycles. The zero-order chi connectivity index (χ0) is 22.1. The number of allylic oxidation sites excluding steroid dienone is 1. The minimum atomic E-state index is 0.00166. The lowest BCUT2D eigenvalue weighted by Crippen LogP contribution is -2.39. The summed E-state index contributed by atoms with van der Waals surface area (Å²) in [5.41, 5.74) is 1.87. The average Bonchev–Trinajstić information content (AvgIpc) is 3.27. The molecule has 1 fully saturated rings. The maximum Gasteiger partial charge on any atom is 0.239 e. The number of benzene rings is 2. The SMILES string of the molecule is CN(CC(=O)NCCN1CCCC1)c1ccccc1S/C(C=O)=C\c1cccc(Br)c1. The van der Waals surface area contributed by atoms with Crippen LogP contribution in [0.15, 0.2) is 62.8 Å². The lowest BCUT2D eigenvalue weighted by molar-refractivity contribution is -0.119. The summed E-state index contributed by atoms with van der Waals surface area (Å²) in [6.45, 7) is 4.11. The number of rotatable bonds is 10. The maximum absolute atomic E-state index is 12.4. The van der Waals surface area contributed by atoms with Gasteiger partial charge < -0.3 is 15.1 Å². The molecule has 0 spiro atoms. The van der Waals surface area contributed by atoms with Gasteiger partial charge in [0, 0.05) is 29.5 Å². The Labute approximate surface area is 197 Å². The molecule has 0 unspecified atom stereocenters. The molecule has 5 nitrogen and oxygen atoms in total. The molecular weight excluding hydrogens is 474 g/mol. The van der Waals surface area contributed by atoms with E-state index in [1.165, 1.54) is 24.6 Å². The van der Waals surface area contributed by atoms with Crippen molar-refractivity contribution in [2.24, 2.45) is 0 Å². The van der Waals surface area contributed by atoms with Crippen molar-refractivity contribution in [3.05, 3.63) is 63.5 Å². The monoisotopic (exact) mass is 501 g/mol. The molecule has 0 atom stereocenters. The van der Waals surface area contributed by atoms with Crippen molar-refractivity contribution >= 4 is 51.6 Å². The molecule has 7 heteroatoms. The molecule has 2 aromatic rings. The predicted molar refractivity (Wildman–Crippen MR) is 132 cm³/mol. The van der Waals surface area contributed by atoms with Crippen LogP contribution in [-0.4, -0.2) is 56.9 Å². The zero-order valence-corrected chi connectivity index (χ0v) is 20.1. The van der Waals surface area contributed by atoms with Gasteiger partial charge >= 0.3 is 0 Å². The van der Waals surface area contributed by atoms with Gasteiger partial charge in [-0.25, -0.2) is 0 Å². The lowest BCUT2D eigenvalue weighted by atomic mass is 10.2. The quantitative estimate of drug-likeness (QED) is 0.296. The second kappa shape index (κ2) is 12.1. The number of nitrogens with one attached hydrogen (secondary N) is 1. The van der Waals surface area contributed by atoms with Crippen molar-refractivity contribution < 1.29 is 9.59 Å². The molecule has 164 valence electrons.